The number of esters is 1. The Balaban J connectivity index is 2.64. The van der Waals surface area contributed by atoms with Gasteiger partial charge in [-0.3, -0.25) is 4.79 Å². The highest BCUT2D eigenvalue weighted by molar-refractivity contribution is 6.33. The molecular formula is C13H15ClN2O2. The first-order valence-electron chi connectivity index (χ1n) is 5.56. The molecule has 0 saturated heterocycles. The first-order valence-corrected chi connectivity index (χ1v) is 5.94. The molecule has 0 spiro atoms. The fourth-order valence-corrected chi connectivity index (χ4v) is 1.82. The maximum absolute atomic E-state index is 11.0. The van der Waals surface area contributed by atoms with E-state index in [0.29, 0.717) is 30.0 Å². The van der Waals surface area contributed by atoms with Crippen molar-refractivity contribution in [2.75, 3.05) is 25.6 Å². The fraction of sp³-hybridized carbons (Fsp3) is 0.385. The molecule has 1 aromatic rings. The molecule has 4 nitrogen and oxygen atoms in total. The summed E-state index contributed by atoms with van der Waals surface area (Å²) in [4.78, 5) is 12.9. The fourth-order valence-electron chi connectivity index (χ4n) is 1.56. The lowest BCUT2D eigenvalue weighted by Crippen LogP contribution is -2.20. The quantitative estimate of drug-likeness (QED) is 0.769. The Morgan fingerprint density at radius 1 is 1.56 bits per heavy atom. The highest BCUT2D eigenvalue weighted by Gasteiger charge is 2.08. The Kier molecular flexibility index (Phi) is 5.47. The van der Waals surface area contributed by atoms with Gasteiger partial charge in [-0.25, -0.2) is 0 Å². The van der Waals surface area contributed by atoms with Crippen LogP contribution in [0.1, 0.15) is 18.4 Å². The van der Waals surface area contributed by atoms with Gasteiger partial charge >= 0.3 is 5.97 Å². The van der Waals surface area contributed by atoms with Crippen molar-refractivity contribution in [3.05, 3.63) is 28.8 Å². The van der Waals surface area contributed by atoms with Crippen molar-refractivity contribution in [3.8, 4) is 6.07 Å². The minimum absolute atomic E-state index is 0.222. The predicted molar refractivity (Wildman–Crippen MR) is 70.7 cm³/mol. The molecule has 0 bridgehead atoms. The van der Waals surface area contributed by atoms with Crippen molar-refractivity contribution in [2.45, 2.75) is 12.8 Å². The molecule has 0 aliphatic heterocycles. The van der Waals surface area contributed by atoms with Crippen molar-refractivity contribution in [3.63, 3.8) is 0 Å². The number of halogens is 1. The SMILES string of the molecule is COC(=O)CCCN(C)c1cc(C#N)ccc1Cl. The van der Waals surface area contributed by atoms with Crippen molar-refractivity contribution < 1.29 is 9.53 Å². The normalized spacial score (nSPS) is 9.67. The molecule has 0 unspecified atom stereocenters. The van der Waals surface area contributed by atoms with Crippen molar-refractivity contribution >= 4 is 23.3 Å². The zero-order chi connectivity index (χ0) is 13.5. The molecule has 5 heteroatoms. The molecule has 0 radical (unpaired) electrons. The summed E-state index contributed by atoms with van der Waals surface area (Å²) in [6.45, 7) is 0.670. The maximum Gasteiger partial charge on any atom is 0.305 e. The monoisotopic (exact) mass is 266 g/mol. The van der Waals surface area contributed by atoms with E-state index in [2.05, 4.69) is 10.8 Å². The molecule has 1 rings (SSSR count). The van der Waals surface area contributed by atoms with Crippen LogP contribution in [0.15, 0.2) is 18.2 Å². The van der Waals surface area contributed by atoms with E-state index < -0.39 is 0 Å². The number of ether oxygens (including phenoxy) is 1. The Labute approximate surface area is 112 Å². The van der Waals surface area contributed by atoms with E-state index in [9.17, 15) is 4.79 Å². The third kappa shape index (κ3) is 3.94. The van der Waals surface area contributed by atoms with E-state index in [1.54, 1.807) is 18.2 Å². The summed E-state index contributed by atoms with van der Waals surface area (Å²) in [7, 11) is 3.25. The molecule has 0 saturated carbocycles. The average molecular weight is 267 g/mol. The summed E-state index contributed by atoms with van der Waals surface area (Å²) >= 11 is 6.07. The van der Waals surface area contributed by atoms with Gasteiger partial charge < -0.3 is 9.64 Å². The van der Waals surface area contributed by atoms with Crippen LogP contribution in [-0.4, -0.2) is 26.7 Å². The molecule has 18 heavy (non-hydrogen) atoms. The average Bonchev–Trinajstić information content (AvgIpc) is 2.38. The molecule has 0 fully saturated rings. The number of rotatable bonds is 5. The highest BCUT2D eigenvalue weighted by atomic mass is 35.5. The van der Waals surface area contributed by atoms with Crippen LogP contribution >= 0.6 is 11.6 Å². The van der Waals surface area contributed by atoms with Gasteiger partial charge in [-0.05, 0) is 24.6 Å². The minimum Gasteiger partial charge on any atom is -0.469 e. The van der Waals surface area contributed by atoms with Crippen LogP contribution < -0.4 is 4.90 Å². The number of nitrogens with zero attached hydrogens (tertiary/aromatic N) is 2. The molecule has 1 aromatic carbocycles. The number of nitriles is 1. The van der Waals surface area contributed by atoms with Crippen molar-refractivity contribution in [1.29, 1.82) is 5.26 Å². The molecule has 0 heterocycles. The van der Waals surface area contributed by atoms with Crippen LogP contribution in [0.2, 0.25) is 5.02 Å². The van der Waals surface area contributed by atoms with Crippen LogP contribution in [0, 0.1) is 11.3 Å². The second kappa shape index (κ2) is 6.87. The molecule has 0 amide bonds. The standard InChI is InChI=1S/C13H15ClN2O2/c1-16(7-3-4-13(17)18-2)12-8-10(9-15)5-6-11(12)14/h5-6,8H,3-4,7H2,1-2H3. The lowest BCUT2D eigenvalue weighted by Gasteiger charge is -2.20. The van der Waals surface area contributed by atoms with Gasteiger partial charge in [-0.1, -0.05) is 11.6 Å². The van der Waals surface area contributed by atoms with Crippen LogP contribution in [0.25, 0.3) is 0 Å². The number of anilines is 1. The first-order chi connectivity index (χ1) is 8.58. The highest BCUT2D eigenvalue weighted by Crippen LogP contribution is 2.26. The van der Waals surface area contributed by atoms with Gasteiger partial charge in [0.25, 0.3) is 0 Å². The second-order valence-electron chi connectivity index (χ2n) is 3.88. The summed E-state index contributed by atoms with van der Waals surface area (Å²) in [5.41, 5.74) is 1.36. The lowest BCUT2D eigenvalue weighted by atomic mass is 10.2. The number of hydrogen-bond donors (Lipinski definition) is 0. The van der Waals surface area contributed by atoms with Gasteiger partial charge in [-0.2, -0.15) is 5.26 Å². The maximum atomic E-state index is 11.0. The van der Waals surface area contributed by atoms with Gasteiger partial charge in [0.05, 0.1) is 29.5 Å². The Morgan fingerprint density at radius 3 is 2.89 bits per heavy atom. The molecule has 0 aliphatic carbocycles. The largest absolute Gasteiger partial charge is 0.469 e. The predicted octanol–water partition coefficient (Wildman–Crippen LogP) is 2.60. The first kappa shape index (κ1) is 14.3. The molecule has 96 valence electrons. The van der Waals surface area contributed by atoms with E-state index >= 15 is 0 Å². The smallest absolute Gasteiger partial charge is 0.305 e. The summed E-state index contributed by atoms with van der Waals surface area (Å²) in [5, 5.41) is 9.43. The Hall–Kier alpha value is -1.73. The van der Waals surface area contributed by atoms with E-state index in [1.165, 1.54) is 7.11 Å². The third-order valence-electron chi connectivity index (χ3n) is 2.59. The third-order valence-corrected chi connectivity index (χ3v) is 2.91. The van der Waals surface area contributed by atoms with E-state index in [-0.39, 0.29) is 5.97 Å². The number of carbonyl (C=O) groups excluding carboxylic acids is 1. The topological polar surface area (TPSA) is 53.3 Å². The summed E-state index contributed by atoms with van der Waals surface area (Å²) in [6.07, 6.45) is 1.05. The molecule has 0 N–H and O–H groups in total. The van der Waals surface area contributed by atoms with E-state index in [1.807, 2.05) is 11.9 Å². The van der Waals surface area contributed by atoms with Crippen LogP contribution in [0.4, 0.5) is 5.69 Å². The summed E-state index contributed by atoms with van der Waals surface area (Å²) in [5.74, 6) is -0.222. The summed E-state index contributed by atoms with van der Waals surface area (Å²) in [6, 6.07) is 7.19. The van der Waals surface area contributed by atoms with E-state index in [0.717, 1.165) is 5.69 Å². The Bertz CT molecular complexity index is 469. The van der Waals surface area contributed by atoms with E-state index in [4.69, 9.17) is 16.9 Å². The lowest BCUT2D eigenvalue weighted by molar-refractivity contribution is -0.140. The zero-order valence-electron chi connectivity index (χ0n) is 10.4. The second-order valence-corrected chi connectivity index (χ2v) is 4.29. The van der Waals surface area contributed by atoms with Crippen LogP contribution in [-0.2, 0) is 9.53 Å². The van der Waals surface area contributed by atoms with Gasteiger partial charge in [0.2, 0.25) is 0 Å². The van der Waals surface area contributed by atoms with Gasteiger partial charge in [0.15, 0.2) is 0 Å². The number of carbonyl (C=O) groups is 1. The van der Waals surface area contributed by atoms with Crippen LogP contribution in [0.3, 0.4) is 0 Å². The van der Waals surface area contributed by atoms with Gasteiger partial charge in [0.1, 0.15) is 0 Å². The zero-order valence-corrected chi connectivity index (χ0v) is 11.2. The number of methoxy groups -OCH3 is 1. The van der Waals surface area contributed by atoms with Crippen molar-refractivity contribution in [1.82, 2.24) is 0 Å². The minimum atomic E-state index is -0.222. The molecular weight excluding hydrogens is 252 g/mol. The number of hydrogen-bond acceptors (Lipinski definition) is 4. The number of benzene rings is 1. The summed E-state index contributed by atoms with van der Waals surface area (Å²) < 4.78 is 4.57. The van der Waals surface area contributed by atoms with Gasteiger partial charge in [-0.15, -0.1) is 0 Å². The molecule has 0 aromatic heterocycles. The molecule has 0 atom stereocenters. The van der Waals surface area contributed by atoms with Crippen LogP contribution in [0.5, 0.6) is 0 Å². The van der Waals surface area contributed by atoms with Gasteiger partial charge in [0, 0.05) is 20.0 Å². The van der Waals surface area contributed by atoms with Crippen molar-refractivity contribution in [2.24, 2.45) is 0 Å². The molecule has 0 aliphatic rings. The Morgan fingerprint density at radius 2 is 2.28 bits per heavy atom.